The van der Waals surface area contributed by atoms with Crippen molar-refractivity contribution >= 4 is 39.9 Å². The Labute approximate surface area is 115 Å². The molecule has 1 N–H and O–H groups in total. The van der Waals surface area contributed by atoms with Crippen LogP contribution in [0.3, 0.4) is 0 Å². The number of rotatable bonds is 3. The summed E-state index contributed by atoms with van der Waals surface area (Å²) >= 11 is 10.6. The van der Waals surface area contributed by atoms with E-state index in [9.17, 15) is 0 Å². The Hall–Kier alpha value is 0.130. The van der Waals surface area contributed by atoms with Crippen LogP contribution in [0.4, 0.5) is 0 Å². The van der Waals surface area contributed by atoms with Gasteiger partial charge in [0, 0.05) is 11.1 Å². The van der Waals surface area contributed by atoms with Crippen molar-refractivity contribution in [1.29, 1.82) is 0 Å². The van der Waals surface area contributed by atoms with E-state index in [0.29, 0.717) is 4.64 Å². The number of nitrogens with zero attached hydrogens (tertiary/aromatic N) is 1. The van der Waals surface area contributed by atoms with Crippen LogP contribution in [0.5, 0.6) is 0 Å². The number of H-pyrrole nitrogens is 1. The van der Waals surface area contributed by atoms with Gasteiger partial charge in [-0.3, -0.25) is 0 Å². The molecular formula is C11H17BrN2S2. The Kier molecular flexibility index (Phi) is 5.01. The second-order valence-electron chi connectivity index (χ2n) is 4.56. The quantitative estimate of drug-likeness (QED) is 0.834. The number of aromatic amines is 1. The normalized spacial score (nSPS) is 11.8. The fourth-order valence-corrected chi connectivity index (χ4v) is 2.82. The van der Waals surface area contributed by atoms with Gasteiger partial charge in [-0.25, -0.2) is 4.98 Å². The van der Waals surface area contributed by atoms with Crippen LogP contribution in [0.2, 0.25) is 0 Å². The maximum absolute atomic E-state index is 5.26. The number of nitrogens with one attached hydrogen (secondary N) is 1. The summed E-state index contributed by atoms with van der Waals surface area (Å²) in [6, 6.07) is 0. The number of hydrogen-bond donors (Lipinski definition) is 1. The van der Waals surface area contributed by atoms with Crippen LogP contribution in [0.25, 0.3) is 0 Å². The summed E-state index contributed by atoms with van der Waals surface area (Å²) in [5.41, 5.74) is 1.17. The fraction of sp³-hybridized carbons (Fsp3) is 0.636. The Bertz CT molecular complexity index is 421. The second kappa shape index (κ2) is 5.65. The van der Waals surface area contributed by atoms with Gasteiger partial charge in [-0.05, 0) is 21.7 Å². The van der Waals surface area contributed by atoms with Crippen LogP contribution in [0.1, 0.15) is 39.2 Å². The largest absolute Gasteiger partial charge is 0.345 e. The van der Waals surface area contributed by atoms with Gasteiger partial charge in [0.1, 0.15) is 10.5 Å². The van der Waals surface area contributed by atoms with Gasteiger partial charge in [0.2, 0.25) is 0 Å². The first-order valence-corrected chi connectivity index (χ1v) is 7.58. The highest BCUT2D eigenvalue weighted by molar-refractivity contribution is 9.10. The van der Waals surface area contributed by atoms with E-state index in [1.807, 2.05) is 11.8 Å². The molecule has 0 unspecified atom stereocenters. The SMILES string of the molecule is CCSCc1nc(=S)c(Br)c(C(C)(C)C)[nH]1. The van der Waals surface area contributed by atoms with Crippen LogP contribution in [-0.2, 0) is 11.2 Å². The van der Waals surface area contributed by atoms with Gasteiger partial charge >= 0.3 is 0 Å². The number of thioether (sulfide) groups is 1. The molecule has 0 aromatic carbocycles. The average Bonchev–Trinajstić information content (AvgIpc) is 2.17. The Morgan fingerprint density at radius 3 is 2.56 bits per heavy atom. The van der Waals surface area contributed by atoms with Crippen molar-refractivity contribution in [3.8, 4) is 0 Å². The molecule has 0 fully saturated rings. The molecular weight excluding hydrogens is 304 g/mol. The highest BCUT2D eigenvalue weighted by atomic mass is 79.9. The molecule has 0 saturated carbocycles. The van der Waals surface area contributed by atoms with Crippen molar-refractivity contribution in [3.63, 3.8) is 0 Å². The average molecular weight is 321 g/mol. The van der Waals surface area contributed by atoms with Gasteiger partial charge in [-0.1, -0.05) is 39.9 Å². The van der Waals surface area contributed by atoms with Crippen molar-refractivity contribution < 1.29 is 0 Å². The van der Waals surface area contributed by atoms with Crippen LogP contribution in [0, 0.1) is 4.64 Å². The zero-order valence-corrected chi connectivity index (χ0v) is 13.3. The molecule has 1 aromatic heterocycles. The molecule has 1 rings (SSSR count). The zero-order valence-electron chi connectivity index (χ0n) is 10.1. The van der Waals surface area contributed by atoms with Crippen LogP contribution >= 0.6 is 39.9 Å². The Morgan fingerprint density at radius 1 is 1.44 bits per heavy atom. The van der Waals surface area contributed by atoms with E-state index in [4.69, 9.17) is 12.2 Å². The molecule has 0 atom stereocenters. The smallest absolute Gasteiger partial charge is 0.144 e. The molecule has 0 spiro atoms. The predicted molar refractivity (Wildman–Crippen MR) is 77.7 cm³/mol. The highest BCUT2D eigenvalue weighted by Crippen LogP contribution is 2.28. The molecule has 0 saturated heterocycles. The van der Waals surface area contributed by atoms with Gasteiger partial charge in [0.25, 0.3) is 0 Å². The van der Waals surface area contributed by atoms with Crippen molar-refractivity contribution in [1.82, 2.24) is 9.97 Å². The third-order valence-corrected chi connectivity index (χ3v) is 4.32. The van der Waals surface area contributed by atoms with Crippen molar-refractivity contribution in [3.05, 3.63) is 20.6 Å². The molecule has 1 heterocycles. The maximum Gasteiger partial charge on any atom is 0.144 e. The van der Waals surface area contributed by atoms with Gasteiger partial charge < -0.3 is 4.98 Å². The molecule has 0 radical (unpaired) electrons. The minimum Gasteiger partial charge on any atom is -0.345 e. The molecule has 90 valence electrons. The van der Waals surface area contributed by atoms with Gasteiger partial charge in [-0.15, -0.1) is 0 Å². The summed E-state index contributed by atoms with van der Waals surface area (Å²) in [5.74, 6) is 2.93. The van der Waals surface area contributed by atoms with E-state index in [1.54, 1.807) is 0 Å². The van der Waals surface area contributed by atoms with E-state index in [2.05, 4.69) is 53.6 Å². The minimum absolute atomic E-state index is 0.0426. The lowest BCUT2D eigenvalue weighted by Gasteiger charge is -2.21. The van der Waals surface area contributed by atoms with Gasteiger partial charge in [0.15, 0.2) is 0 Å². The summed E-state index contributed by atoms with van der Waals surface area (Å²) in [4.78, 5) is 7.76. The molecule has 0 aliphatic rings. The molecule has 5 heteroatoms. The lowest BCUT2D eigenvalue weighted by atomic mass is 9.92. The molecule has 16 heavy (non-hydrogen) atoms. The third-order valence-electron chi connectivity index (χ3n) is 2.11. The van der Waals surface area contributed by atoms with Crippen molar-refractivity contribution in [2.24, 2.45) is 0 Å². The van der Waals surface area contributed by atoms with Crippen LogP contribution in [0.15, 0.2) is 4.47 Å². The minimum atomic E-state index is 0.0426. The Morgan fingerprint density at radius 2 is 2.06 bits per heavy atom. The summed E-state index contributed by atoms with van der Waals surface area (Å²) in [7, 11) is 0. The molecule has 0 aliphatic carbocycles. The summed E-state index contributed by atoms with van der Waals surface area (Å²) in [6.07, 6.45) is 0. The van der Waals surface area contributed by atoms with Crippen LogP contribution in [-0.4, -0.2) is 15.7 Å². The second-order valence-corrected chi connectivity index (χ2v) is 7.02. The molecule has 2 nitrogen and oxygen atoms in total. The van der Waals surface area contributed by atoms with Crippen molar-refractivity contribution in [2.75, 3.05) is 5.75 Å². The third kappa shape index (κ3) is 3.57. The number of hydrogen-bond acceptors (Lipinski definition) is 3. The van der Waals surface area contributed by atoms with Gasteiger partial charge in [0.05, 0.1) is 10.2 Å². The fourth-order valence-electron chi connectivity index (χ4n) is 1.29. The molecule has 0 amide bonds. The number of aromatic nitrogens is 2. The summed E-state index contributed by atoms with van der Waals surface area (Å²) in [5, 5.41) is 0. The molecule has 0 aliphatic heterocycles. The van der Waals surface area contributed by atoms with E-state index in [0.717, 1.165) is 27.5 Å². The monoisotopic (exact) mass is 320 g/mol. The van der Waals surface area contributed by atoms with Crippen LogP contribution < -0.4 is 0 Å². The first-order valence-electron chi connectivity index (χ1n) is 5.23. The topological polar surface area (TPSA) is 28.7 Å². The lowest BCUT2D eigenvalue weighted by Crippen LogP contribution is -2.16. The Balaban J connectivity index is 3.18. The number of halogens is 1. The van der Waals surface area contributed by atoms with Gasteiger partial charge in [-0.2, -0.15) is 11.8 Å². The summed E-state index contributed by atoms with van der Waals surface area (Å²) in [6.45, 7) is 8.63. The maximum atomic E-state index is 5.26. The molecule has 1 aromatic rings. The summed E-state index contributed by atoms with van der Waals surface area (Å²) < 4.78 is 1.57. The van der Waals surface area contributed by atoms with E-state index in [-0.39, 0.29) is 5.41 Å². The van der Waals surface area contributed by atoms with E-state index in [1.165, 1.54) is 0 Å². The van der Waals surface area contributed by atoms with E-state index < -0.39 is 0 Å². The first kappa shape index (κ1) is 14.2. The lowest BCUT2D eigenvalue weighted by molar-refractivity contribution is 0.559. The highest BCUT2D eigenvalue weighted by Gasteiger charge is 2.19. The zero-order chi connectivity index (χ0) is 12.3. The van der Waals surface area contributed by atoms with E-state index >= 15 is 0 Å². The predicted octanol–water partition coefficient (Wildman–Crippen LogP) is 4.45. The van der Waals surface area contributed by atoms with Crippen molar-refractivity contribution in [2.45, 2.75) is 38.9 Å². The molecule has 0 bridgehead atoms. The first-order chi connectivity index (χ1) is 7.36. The standard InChI is InChI=1S/C11H17BrN2S2/c1-5-16-6-7-13-9(11(2,3)4)8(12)10(15)14-7/h5-6H2,1-4H3,(H,13,14,15).